The zero-order chi connectivity index (χ0) is 76.3. The number of fused-ring (bicyclic) bond motifs is 1. The molecule has 4 heterocycles. The summed E-state index contributed by atoms with van der Waals surface area (Å²) in [5, 5.41) is 16.3. The molecule has 32 heteroatoms. The summed E-state index contributed by atoms with van der Waals surface area (Å²) in [6.45, 7) is -2.55. The number of ether oxygens (including phenoxy) is 14. The minimum absolute atomic E-state index is 0.0225. The molecule has 0 aromatic heterocycles. The third kappa shape index (κ3) is 20.1. The number of aliphatic hydroxyl groups excluding tert-OH is 1. The van der Waals surface area contributed by atoms with Gasteiger partial charge in [0.15, 0.2) is 49.6 Å². The molecule has 0 saturated carbocycles. The molecular weight excluding hydrogens is 1580 g/mol. The first kappa shape index (κ1) is 79.5. The lowest BCUT2D eigenvalue weighted by atomic mass is 9.94. The van der Waals surface area contributed by atoms with E-state index in [9.17, 15) is 33.5 Å². The summed E-state index contributed by atoms with van der Waals surface area (Å²) >= 11 is 50.2. The normalized spacial score (nSPS) is 25.4. The molecule has 16 atom stereocenters. The van der Waals surface area contributed by atoms with Crippen LogP contribution in [0.25, 0.3) is 0 Å². The van der Waals surface area contributed by atoms with Crippen LogP contribution in [0.3, 0.4) is 0 Å². The van der Waals surface area contributed by atoms with Crippen LogP contribution in [0.15, 0.2) is 206 Å². The number of alkyl halides is 3. The molecule has 2 N–H and O–H groups in total. The highest BCUT2D eigenvalue weighted by atomic mass is 35.6. The Bertz CT molecular complexity index is 4450. The smallest absolute Gasteiger partial charge is 0.338 e. The quantitative estimate of drug-likeness (QED) is 0.0342. The predicted molar refractivity (Wildman–Crippen MR) is 386 cm³/mol. The predicted octanol–water partition coefficient (Wildman–Crippen LogP) is 13.5. The van der Waals surface area contributed by atoms with Crippen LogP contribution in [0, 0.1) is 5.82 Å². The Morgan fingerprint density at radius 2 is 0.833 bits per heavy atom. The average Bonchev–Trinajstić information content (AvgIpc) is 0.759. The maximum absolute atomic E-state index is 15.3. The van der Waals surface area contributed by atoms with Crippen molar-refractivity contribution in [3.8, 4) is 0 Å². The molecule has 0 spiro atoms. The van der Waals surface area contributed by atoms with Gasteiger partial charge in [0.2, 0.25) is 0 Å². The molecule has 108 heavy (non-hydrogen) atoms. The molecule has 0 aliphatic carbocycles. The van der Waals surface area contributed by atoms with E-state index in [1.807, 2.05) is 0 Å². The van der Waals surface area contributed by atoms with Crippen molar-refractivity contribution >= 4 is 135 Å². The van der Waals surface area contributed by atoms with Gasteiger partial charge < -0.3 is 76.7 Å². The van der Waals surface area contributed by atoms with Gasteiger partial charge in [0.05, 0.1) is 46.6 Å². The molecule has 12 rings (SSSR count). The molecule has 8 aromatic rings. The summed E-state index contributed by atoms with van der Waals surface area (Å²) in [6.07, 6.45) is -28.9. The summed E-state index contributed by atoms with van der Waals surface area (Å²) < 4.78 is 103. The number of carbonyl (C=O) groups excluding carboxylic acids is 7. The van der Waals surface area contributed by atoms with Crippen LogP contribution >= 0.6 is 92.8 Å². The van der Waals surface area contributed by atoms with E-state index in [0.717, 1.165) is 12.1 Å². The van der Waals surface area contributed by atoms with Gasteiger partial charge in [0, 0.05) is 30.7 Å². The molecule has 4 saturated heterocycles. The first-order valence-electron chi connectivity index (χ1n) is 32.9. The van der Waals surface area contributed by atoms with Gasteiger partial charge >= 0.3 is 35.8 Å². The van der Waals surface area contributed by atoms with Crippen LogP contribution in [0.1, 0.15) is 79.6 Å². The van der Waals surface area contributed by atoms with E-state index in [1.165, 1.54) is 158 Å². The Balaban J connectivity index is 1.04. The van der Waals surface area contributed by atoms with E-state index in [2.05, 4.69) is 5.32 Å². The van der Waals surface area contributed by atoms with Crippen molar-refractivity contribution in [2.75, 3.05) is 19.8 Å². The SMILES string of the molecule is O=C(OC[C@H]1O[C@@H](O[C@H]2[C@H](OC(=O)c3ccc(Cl)cc3)[C@@H](OC(=O)c3ccc(Cl)cc3)[C@H](OCc3ccccc3)O[C@@H]2COC(=O)c2ccc(Cl)cc2)[C@H](OC(=O)c2ccc(Cl)cc2)[C@@H](O[C@@H]2O[C@@H]3COC(c4ccc(F)cc4)O[C@H]3[C@H](O)[C@H]2NC(=O)C(Cl)(Cl)Cl)[C@H]1OC(=O)c1ccccc1)c1ccc(Cl)cc1. The van der Waals surface area contributed by atoms with Gasteiger partial charge in [-0.05, 0) is 151 Å². The first-order valence-corrected chi connectivity index (χ1v) is 35.9. The van der Waals surface area contributed by atoms with Crippen molar-refractivity contribution < 1.29 is 109 Å². The number of rotatable bonds is 23. The van der Waals surface area contributed by atoms with Crippen LogP contribution < -0.4 is 5.32 Å². The molecule has 23 nitrogen and oxygen atoms in total. The Kier molecular flexibility index (Phi) is 26.6. The van der Waals surface area contributed by atoms with Crippen molar-refractivity contribution in [2.45, 2.75) is 109 Å². The molecule has 1 amide bonds. The number of aliphatic hydroxyl groups is 1. The second kappa shape index (κ2) is 36.2. The van der Waals surface area contributed by atoms with E-state index < -0.39 is 169 Å². The van der Waals surface area contributed by atoms with Crippen LogP contribution in [0.5, 0.6) is 0 Å². The van der Waals surface area contributed by atoms with Gasteiger partial charge in [-0.3, -0.25) is 4.79 Å². The Labute approximate surface area is 655 Å². The highest BCUT2D eigenvalue weighted by molar-refractivity contribution is 6.76. The molecule has 564 valence electrons. The number of hydrogen-bond donors (Lipinski definition) is 2. The third-order valence-electron chi connectivity index (χ3n) is 17.2. The van der Waals surface area contributed by atoms with Gasteiger partial charge in [0.1, 0.15) is 67.8 Å². The van der Waals surface area contributed by atoms with E-state index in [-0.39, 0.29) is 65.1 Å². The molecule has 4 aliphatic heterocycles. The number of halogens is 9. The fraction of sp³-hybridized carbons (Fsp3) is 0.276. The topological polar surface area (TPSA) is 281 Å². The zero-order valence-corrected chi connectivity index (χ0v) is 61.7. The number of hydrogen-bond acceptors (Lipinski definition) is 22. The van der Waals surface area contributed by atoms with Crippen LogP contribution in [-0.2, 0) is 77.7 Å². The van der Waals surface area contributed by atoms with E-state index in [4.69, 9.17) is 159 Å². The third-order valence-corrected chi connectivity index (χ3v) is 19.0. The van der Waals surface area contributed by atoms with Crippen molar-refractivity contribution in [2.24, 2.45) is 0 Å². The van der Waals surface area contributed by atoms with Crippen LogP contribution in [-0.4, -0.2) is 162 Å². The second-order valence-electron chi connectivity index (χ2n) is 24.5. The van der Waals surface area contributed by atoms with E-state index in [0.29, 0.717) is 11.1 Å². The van der Waals surface area contributed by atoms with E-state index in [1.54, 1.807) is 36.4 Å². The first-order chi connectivity index (χ1) is 51.9. The van der Waals surface area contributed by atoms with Crippen molar-refractivity contribution in [1.29, 1.82) is 0 Å². The van der Waals surface area contributed by atoms with Gasteiger partial charge in [-0.25, -0.2) is 33.2 Å². The number of carbonyl (C=O) groups is 7. The molecule has 0 radical (unpaired) electrons. The highest BCUT2D eigenvalue weighted by Crippen LogP contribution is 2.42. The monoisotopic (exact) mass is 1640 g/mol. The molecule has 8 aromatic carbocycles. The number of amides is 1. The Morgan fingerprint density at radius 3 is 1.31 bits per heavy atom. The second-order valence-corrected chi connectivity index (χ2v) is 29.0. The highest BCUT2D eigenvalue weighted by Gasteiger charge is 2.60. The molecule has 1 unspecified atom stereocenters. The summed E-state index contributed by atoms with van der Waals surface area (Å²) in [5.74, 6) is -8.51. The number of benzene rings is 8. The maximum Gasteiger partial charge on any atom is 0.338 e. The lowest BCUT2D eigenvalue weighted by Crippen LogP contribution is -2.71. The van der Waals surface area contributed by atoms with Gasteiger partial charge in [-0.1, -0.05) is 153 Å². The minimum Gasteiger partial charge on any atom is -0.459 e. The number of nitrogens with one attached hydrogen (secondary N) is 1. The lowest BCUT2D eigenvalue weighted by molar-refractivity contribution is -0.383. The standard InChI is InChI=1S/C76H60Cl8FNO22/c77-47-23-11-41(12-24-47)65(88)95-36-54-59(102-67(90)40-9-5-2-6-10-40)62(108-72-56(86-75(94)76(82,83)84)57(87)58-53(99-72)38-98-71(106-58)46-21-33-52(85)34-22-46)64(105-70(93)45-19-31-51(81)32-20-45)74(101-54)107-60-55(37-96-66(89)42-13-25-48(78)26-14-42)100-73(97-35-39-7-3-1-4-8-39)63(104-69(92)44-17-29-50(80)30-18-44)61(60)103-68(91)43-15-27-49(79)28-16-43/h1-34,53-64,71-74,87H,35-38H2,(H,86,94)/t53-,54-,55-,56-,57-,58-,59+,60-,61+,62+,63-,64-,71?,72+,73-,74+/m1/s1. The summed E-state index contributed by atoms with van der Waals surface area (Å²) in [7, 11) is 0. The largest absolute Gasteiger partial charge is 0.459 e. The molecule has 0 bridgehead atoms. The fourth-order valence-electron chi connectivity index (χ4n) is 11.8. The minimum atomic E-state index is -2.78. The molecule has 4 fully saturated rings. The van der Waals surface area contributed by atoms with Crippen molar-refractivity contribution in [3.05, 3.63) is 282 Å². The van der Waals surface area contributed by atoms with Crippen LogP contribution in [0.2, 0.25) is 25.1 Å². The summed E-state index contributed by atoms with van der Waals surface area (Å²) in [5.41, 5.74) is 0.214. The molecule has 4 aliphatic rings. The van der Waals surface area contributed by atoms with Gasteiger partial charge in [-0.2, -0.15) is 0 Å². The fourth-order valence-corrected chi connectivity index (χ4v) is 12.6. The zero-order valence-electron chi connectivity index (χ0n) is 55.6. The van der Waals surface area contributed by atoms with Crippen molar-refractivity contribution in [1.82, 2.24) is 5.32 Å². The van der Waals surface area contributed by atoms with E-state index >= 15 is 9.59 Å². The van der Waals surface area contributed by atoms with Crippen LogP contribution in [0.4, 0.5) is 4.39 Å². The van der Waals surface area contributed by atoms with Gasteiger partial charge in [0.25, 0.3) is 9.70 Å². The average molecular weight is 1640 g/mol. The molecular formula is C76H60Cl8FNO22. The maximum atomic E-state index is 15.3. The van der Waals surface area contributed by atoms with Gasteiger partial charge in [-0.15, -0.1) is 0 Å². The summed E-state index contributed by atoms with van der Waals surface area (Å²) in [4.78, 5) is 103. The Morgan fingerprint density at radius 1 is 0.435 bits per heavy atom. The Hall–Kier alpha value is -8.06. The number of esters is 6. The van der Waals surface area contributed by atoms with Crippen molar-refractivity contribution in [3.63, 3.8) is 0 Å². The lowest BCUT2D eigenvalue weighted by Gasteiger charge is -2.51. The summed E-state index contributed by atoms with van der Waals surface area (Å²) in [6, 6.07) is 46.3.